The number of ether oxygens (including phenoxy) is 2. The number of urea groups is 1. The van der Waals surface area contributed by atoms with Crippen LogP contribution >= 0.6 is 11.3 Å². The van der Waals surface area contributed by atoms with Crippen molar-refractivity contribution in [3.05, 3.63) is 75.0 Å². The number of thiophene rings is 1. The van der Waals surface area contributed by atoms with E-state index in [1.807, 2.05) is 55.1 Å². The van der Waals surface area contributed by atoms with Crippen molar-refractivity contribution in [2.75, 3.05) is 32.6 Å². The minimum Gasteiger partial charge on any atom is -0.493 e. The van der Waals surface area contributed by atoms with Gasteiger partial charge in [0, 0.05) is 28.0 Å². The first kappa shape index (κ1) is 30.4. The number of rotatable bonds is 11. The molecule has 0 unspecified atom stereocenters. The van der Waals surface area contributed by atoms with Crippen LogP contribution in [0.1, 0.15) is 58.5 Å². The molecule has 2 aromatic carbocycles. The lowest BCUT2D eigenvalue weighted by molar-refractivity contribution is -0.132. The zero-order valence-electron chi connectivity index (χ0n) is 25.0. The molecule has 0 aliphatic heterocycles. The first-order valence-electron chi connectivity index (χ1n) is 14.5. The second-order valence-corrected chi connectivity index (χ2v) is 12.2. The summed E-state index contributed by atoms with van der Waals surface area (Å²) in [6, 6.07) is 15.8. The Morgan fingerprint density at radius 1 is 0.951 bits per heavy atom. The number of nitrogens with zero attached hydrogens (tertiary/aromatic N) is 2. The number of carbonyl (C=O) groups excluding carboxylic acids is 2. The zero-order valence-corrected chi connectivity index (χ0v) is 25.8. The van der Waals surface area contributed by atoms with Gasteiger partial charge in [-0.25, -0.2) is 4.79 Å². The van der Waals surface area contributed by atoms with Crippen molar-refractivity contribution in [1.82, 2.24) is 9.80 Å². The third-order valence-corrected chi connectivity index (χ3v) is 9.03. The van der Waals surface area contributed by atoms with Crippen LogP contribution in [-0.4, -0.2) is 55.1 Å². The summed E-state index contributed by atoms with van der Waals surface area (Å²) >= 11 is 1.70. The van der Waals surface area contributed by atoms with Gasteiger partial charge in [-0.05, 0) is 87.1 Å². The van der Waals surface area contributed by atoms with Crippen LogP contribution in [0.2, 0.25) is 0 Å². The van der Waals surface area contributed by atoms with Gasteiger partial charge in [-0.3, -0.25) is 4.79 Å². The molecule has 41 heavy (non-hydrogen) atoms. The van der Waals surface area contributed by atoms with E-state index >= 15 is 0 Å². The Hall–Kier alpha value is -3.52. The fourth-order valence-electron chi connectivity index (χ4n) is 5.43. The van der Waals surface area contributed by atoms with Crippen LogP contribution in [0.5, 0.6) is 11.5 Å². The summed E-state index contributed by atoms with van der Waals surface area (Å²) in [5, 5.41) is 3.12. The first-order chi connectivity index (χ1) is 19.8. The second-order valence-electron chi connectivity index (χ2n) is 10.9. The van der Waals surface area contributed by atoms with E-state index in [0.717, 1.165) is 52.9 Å². The van der Waals surface area contributed by atoms with Crippen molar-refractivity contribution < 1.29 is 19.1 Å². The minimum absolute atomic E-state index is 0.0433. The van der Waals surface area contributed by atoms with E-state index in [9.17, 15) is 9.59 Å². The lowest BCUT2D eigenvalue weighted by Gasteiger charge is -2.35. The van der Waals surface area contributed by atoms with Gasteiger partial charge in [0.25, 0.3) is 0 Å². The Labute approximate surface area is 248 Å². The van der Waals surface area contributed by atoms with Crippen molar-refractivity contribution >= 4 is 29.0 Å². The van der Waals surface area contributed by atoms with Gasteiger partial charge >= 0.3 is 6.03 Å². The monoisotopic (exact) mass is 577 g/mol. The van der Waals surface area contributed by atoms with Crippen molar-refractivity contribution in [2.45, 2.75) is 71.9 Å². The quantitative estimate of drug-likeness (QED) is 0.263. The molecule has 4 rings (SSSR count). The number of hydrogen-bond donors (Lipinski definition) is 1. The number of carbonyl (C=O) groups is 2. The highest BCUT2D eigenvalue weighted by Crippen LogP contribution is 2.29. The zero-order chi connectivity index (χ0) is 29.4. The number of methoxy groups -OCH3 is 2. The van der Waals surface area contributed by atoms with Gasteiger partial charge in [-0.1, -0.05) is 37.5 Å². The summed E-state index contributed by atoms with van der Waals surface area (Å²) in [5.74, 6) is 1.30. The fourth-order valence-corrected chi connectivity index (χ4v) is 6.34. The van der Waals surface area contributed by atoms with Gasteiger partial charge in [0.1, 0.15) is 6.54 Å². The Kier molecular flexibility index (Phi) is 10.7. The van der Waals surface area contributed by atoms with Crippen LogP contribution in [0.3, 0.4) is 0 Å². The molecule has 0 saturated heterocycles. The van der Waals surface area contributed by atoms with Crippen LogP contribution in [0.25, 0.3) is 0 Å². The Morgan fingerprint density at radius 3 is 2.39 bits per heavy atom. The largest absolute Gasteiger partial charge is 0.493 e. The number of hydrogen-bond acceptors (Lipinski definition) is 5. The highest BCUT2D eigenvalue weighted by molar-refractivity contribution is 7.11. The third kappa shape index (κ3) is 8.03. The maximum absolute atomic E-state index is 14.0. The fraction of sp³-hybridized carbons (Fsp3) is 0.455. The van der Waals surface area contributed by atoms with Crippen molar-refractivity contribution in [1.29, 1.82) is 0 Å². The second kappa shape index (κ2) is 14.4. The molecule has 1 saturated carbocycles. The van der Waals surface area contributed by atoms with E-state index in [-0.39, 0.29) is 24.5 Å². The number of anilines is 1. The molecule has 3 amide bonds. The van der Waals surface area contributed by atoms with E-state index in [1.54, 1.807) is 30.5 Å². The Balaban J connectivity index is 1.54. The maximum Gasteiger partial charge on any atom is 0.322 e. The van der Waals surface area contributed by atoms with E-state index in [0.29, 0.717) is 31.0 Å². The van der Waals surface area contributed by atoms with Crippen LogP contribution in [0.15, 0.2) is 48.5 Å². The number of aryl methyl sites for hydroxylation is 2. The van der Waals surface area contributed by atoms with Gasteiger partial charge < -0.3 is 24.6 Å². The van der Waals surface area contributed by atoms with Gasteiger partial charge in [-0.2, -0.15) is 0 Å². The lowest BCUT2D eigenvalue weighted by atomic mass is 9.94. The molecule has 0 radical (unpaired) electrons. The van der Waals surface area contributed by atoms with Crippen molar-refractivity contribution in [3.8, 4) is 11.5 Å². The smallest absolute Gasteiger partial charge is 0.322 e. The predicted molar refractivity (Wildman–Crippen MR) is 166 cm³/mol. The topological polar surface area (TPSA) is 71.1 Å². The summed E-state index contributed by atoms with van der Waals surface area (Å²) in [5.41, 5.74) is 4.01. The molecule has 1 aromatic heterocycles. The molecule has 0 bridgehead atoms. The third-order valence-electron chi connectivity index (χ3n) is 8.04. The molecule has 0 spiro atoms. The molecule has 8 heteroatoms. The molecule has 1 fully saturated rings. The van der Waals surface area contributed by atoms with Crippen LogP contribution in [0, 0.1) is 20.8 Å². The van der Waals surface area contributed by atoms with Crippen LogP contribution < -0.4 is 14.8 Å². The summed E-state index contributed by atoms with van der Waals surface area (Å²) in [4.78, 5) is 33.7. The Bertz CT molecular complexity index is 1330. The van der Waals surface area contributed by atoms with Crippen LogP contribution in [0.4, 0.5) is 10.5 Å². The van der Waals surface area contributed by atoms with Crippen molar-refractivity contribution in [2.24, 2.45) is 0 Å². The maximum atomic E-state index is 14.0. The molecular formula is C33H43N3O4S. The standard InChI is InChI=1S/C33H43N3O4S/c1-23-10-9-13-29(25(23)3)34-33(38)36(27-11-7-6-8-12-27)22-32(37)35(21-28-16-14-24(2)41-28)19-18-26-15-17-30(39-4)31(20-26)40-5/h9-10,13-17,20,27H,6-8,11-12,18-19,21-22H2,1-5H3,(H,34,38). The van der Waals surface area contributed by atoms with E-state index in [2.05, 4.69) is 24.4 Å². The van der Waals surface area contributed by atoms with Crippen LogP contribution in [-0.2, 0) is 17.8 Å². The van der Waals surface area contributed by atoms with Gasteiger partial charge in [0.05, 0.1) is 20.8 Å². The highest BCUT2D eigenvalue weighted by Gasteiger charge is 2.29. The van der Waals surface area contributed by atoms with E-state index < -0.39 is 0 Å². The average Bonchev–Trinajstić information content (AvgIpc) is 3.40. The molecule has 7 nitrogen and oxygen atoms in total. The summed E-state index contributed by atoms with van der Waals surface area (Å²) in [7, 11) is 3.25. The average molecular weight is 578 g/mol. The van der Waals surface area contributed by atoms with Gasteiger partial charge in [0.15, 0.2) is 11.5 Å². The molecule has 3 aromatic rings. The Morgan fingerprint density at radius 2 is 1.71 bits per heavy atom. The molecule has 220 valence electrons. The summed E-state index contributed by atoms with van der Waals surface area (Å²) < 4.78 is 10.9. The number of nitrogens with one attached hydrogen (secondary N) is 1. The molecule has 1 N–H and O–H groups in total. The molecule has 1 aliphatic carbocycles. The molecular weight excluding hydrogens is 534 g/mol. The van der Waals surface area contributed by atoms with E-state index in [1.165, 1.54) is 11.3 Å². The van der Waals surface area contributed by atoms with Gasteiger partial charge in [0.2, 0.25) is 5.91 Å². The normalized spacial score (nSPS) is 13.5. The lowest BCUT2D eigenvalue weighted by Crippen LogP contribution is -2.50. The molecule has 1 heterocycles. The SMILES string of the molecule is COc1ccc(CCN(Cc2ccc(C)s2)C(=O)CN(C(=O)Nc2cccc(C)c2C)C2CCCCC2)cc1OC. The number of benzene rings is 2. The number of amides is 3. The molecule has 0 atom stereocenters. The summed E-state index contributed by atoms with van der Waals surface area (Å²) in [6.45, 7) is 7.23. The molecule has 1 aliphatic rings. The highest BCUT2D eigenvalue weighted by atomic mass is 32.1. The predicted octanol–water partition coefficient (Wildman–Crippen LogP) is 7.13. The first-order valence-corrected chi connectivity index (χ1v) is 15.3. The minimum atomic E-state index is -0.203. The van der Waals surface area contributed by atoms with Gasteiger partial charge in [-0.15, -0.1) is 11.3 Å². The van der Waals surface area contributed by atoms with E-state index in [4.69, 9.17) is 9.47 Å². The van der Waals surface area contributed by atoms with Crippen molar-refractivity contribution in [3.63, 3.8) is 0 Å². The summed E-state index contributed by atoms with van der Waals surface area (Å²) in [6.07, 6.45) is 5.82.